The number of halogens is 1. The number of phenols is 1. The third-order valence-electron chi connectivity index (χ3n) is 5.89. The lowest BCUT2D eigenvalue weighted by Crippen LogP contribution is -2.42. The molecule has 1 aliphatic rings. The third kappa shape index (κ3) is 5.63. The van der Waals surface area contributed by atoms with Crippen LogP contribution in [0.1, 0.15) is 33.1 Å². The molecule has 3 N–H and O–H groups in total. The Morgan fingerprint density at radius 2 is 1.91 bits per heavy atom. The largest absolute Gasteiger partial charge is 0.504 e. The number of hydrogen-bond donors (Lipinski definition) is 3. The van der Waals surface area contributed by atoms with Crippen molar-refractivity contribution in [1.82, 2.24) is 4.47 Å². The molecule has 3 unspecified atom stereocenters. The van der Waals surface area contributed by atoms with Crippen LogP contribution < -0.4 is 21.5 Å². The highest BCUT2D eigenvalue weighted by molar-refractivity contribution is 7.89. The normalized spacial score (nSPS) is 19.4. The minimum absolute atomic E-state index is 0.0524. The molecule has 35 heavy (non-hydrogen) atoms. The maximum Gasteiger partial charge on any atom is 0.270 e. The number of hydrogen-bond acceptors (Lipinski definition) is 10. The molecule has 0 radical (unpaired) electrons. The van der Waals surface area contributed by atoms with Crippen molar-refractivity contribution in [3.63, 3.8) is 0 Å². The Hall–Kier alpha value is -2.22. The Morgan fingerprint density at radius 1 is 1.23 bits per heavy atom. The van der Waals surface area contributed by atoms with Crippen LogP contribution in [0.3, 0.4) is 0 Å². The highest BCUT2D eigenvalue weighted by Crippen LogP contribution is 2.40. The Balaban J connectivity index is 1.88. The van der Waals surface area contributed by atoms with Gasteiger partial charge in [0, 0.05) is 14.2 Å². The summed E-state index contributed by atoms with van der Waals surface area (Å²) in [6.07, 6.45) is 2.38. The fraction of sp³-hybridized carbons (Fsp3) is 0.545. The number of ether oxygens (including phenoxy) is 2. The average Bonchev–Trinajstić information content (AvgIpc) is 3.25. The SMILES string of the molecule is CCC(Nc1c(Nc2ccc(Cl)c(S(=O)(=O)N(C)OCCOC)c2O)c(=O)c1=O)C1CCC(C)O1. The number of rotatable bonds is 12. The van der Waals surface area contributed by atoms with E-state index in [4.69, 9.17) is 25.9 Å². The average molecular weight is 532 g/mol. The minimum Gasteiger partial charge on any atom is -0.504 e. The second-order valence-corrected chi connectivity index (χ2v) is 10.5. The number of nitrogens with zero attached hydrogens (tertiary/aromatic N) is 1. The van der Waals surface area contributed by atoms with Gasteiger partial charge < -0.3 is 25.2 Å². The number of aromatic hydroxyl groups is 1. The standard InChI is InChI=1S/C22H30ClN3O8S/c1-5-14(16-9-6-12(2)34-16)24-17-18(21(29)20(17)28)25-15-8-7-13(23)22(19(15)27)35(30,31)26(3)33-11-10-32-4/h7-8,12,14,16,24-25,27H,5-6,9-11H2,1-4H3. The van der Waals surface area contributed by atoms with E-state index in [0.717, 1.165) is 19.9 Å². The fourth-order valence-corrected chi connectivity index (χ4v) is 5.48. The fourth-order valence-electron chi connectivity index (χ4n) is 3.90. The monoisotopic (exact) mass is 531 g/mol. The van der Waals surface area contributed by atoms with Gasteiger partial charge in [0.1, 0.15) is 16.3 Å². The van der Waals surface area contributed by atoms with E-state index in [1.807, 2.05) is 13.8 Å². The summed E-state index contributed by atoms with van der Waals surface area (Å²) in [6.45, 7) is 4.01. The van der Waals surface area contributed by atoms with Crippen LogP contribution in [0.25, 0.3) is 0 Å². The summed E-state index contributed by atoms with van der Waals surface area (Å²) in [5.41, 5.74) is -1.63. The van der Waals surface area contributed by atoms with Crippen LogP contribution in [0.2, 0.25) is 5.02 Å². The molecule has 2 aromatic rings. The maximum absolute atomic E-state index is 13.0. The van der Waals surface area contributed by atoms with Gasteiger partial charge in [-0.15, -0.1) is 0 Å². The first kappa shape index (κ1) is 27.4. The van der Waals surface area contributed by atoms with Crippen molar-refractivity contribution >= 4 is 38.7 Å². The molecule has 0 amide bonds. The molecule has 13 heteroatoms. The molecular formula is C22H30ClN3O8S. The van der Waals surface area contributed by atoms with E-state index >= 15 is 0 Å². The van der Waals surface area contributed by atoms with Crippen LogP contribution in [0.15, 0.2) is 26.6 Å². The van der Waals surface area contributed by atoms with E-state index in [1.165, 1.54) is 19.2 Å². The van der Waals surface area contributed by atoms with Crippen molar-refractivity contribution in [3.8, 4) is 5.75 Å². The lowest BCUT2D eigenvalue weighted by atomic mass is 10.0. The second-order valence-electron chi connectivity index (χ2n) is 8.27. The lowest BCUT2D eigenvalue weighted by Gasteiger charge is -2.26. The van der Waals surface area contributed by atoms with Gasteiger partial charge in [0.25, 0.3) is 20.9 Å². The predicted octanol–water partition coefficient (Wildman–Crippen LogP) is 2.34. The number of phenolic OH excluding ortho intramolecular Hbond substituents is 1. The highest BCUT2D eigenvalue weighted by atomic mass is 35.5. The van der Waals surface area contributed by atoms with E-state index in [-0.39, 0.29) is 53.5 Å². The molecule has 1 aliphatic heterocycles. The molecule has 1 saturated heterocycles. The first-order valence-electron chi connectivity index (χ1n) is 11.2. The van der Waals surface area contributed by atoms with Crippen molar-refractivity contribution in [2.24, 2.45) is 0 Å². The topological polar surface area (TPSA) is 144 Å². The van der Waals surface area contributed by atoms with E-state index in [0.29, 0.717) is 10.9 Å². The van der Waals surface area contributed by atoms with Crippen LogP contribution in [0.4, 0.5) is 17.1 Å². The van der Waals surface area contributed by atoms with Gasteiger partial charge in [-0.2, -0.15) is 0 Å². The number of benzene rings is 1. The zero-order chi connectivity index (χ0) is 25.9. The zero-order valence-electron chi connectivity index (χ0n) is 20.0. The Labute approximate surface area is 208 Å². The van der Waals surface area contributed by atoms with E-state index < -0.39 is 31.5 Å². The quantitative estimate of drug-likeness (QED) is 0.161. The number of nitrogens with one attached hydrogen (secondary N) is 2. The molecule has 0 aromatic heterocycles. The van der Waals surface area contributed by atoms with Crippen molar-refractivity contribution in [3.05, 3.63) is 37.6 Å². The van der Waals surface area contributed by atoms with Gasteiger partial charge in [-0.3, -0.25) is 14.4 Å². The van der Waals surface area contributed by atoms with Gasteiger partial charge in [-0.25, -0.2) is 8.42 Å². The molecule has 2 aromatic carbocycles. The molecule has 1 fully saturated rings. The second kappa shape index (κ2) is 11.2. The van der Waals surface area contributed by atoms with Crippen molar-refractivity contribution in [2.75, 3.05) is 38.0 Å². The first-order chi connectivity index (χ1) is 16.5. The maximum atomic E-state index is 13.0. The molecule has 0 bridgehead atoms. The predicted molar refractivity (Wildman–Crippen MR) is 132 cm³/mol. The molecule has 1 heterocycles. The number of methoxy groups -OCH3 is 1. The van der Waals surface area contributed by atoms with Gasteiger partial charge >= 0.3 is 0 Å². The molecule has 0 saturated carbocycles. The van der Waals surface area contributed by atoms with Gasteiger partial charge in [-0.1, -0.05) is 23.0 Å². The number of anilines is 3. The molecule has 194 valence electrons. The van der Waals surface area contributed by atoms with Gasteiger partial charge in [-0.05, 0) is 38.3 Å². The molecule has 3 atom stereocenters. The van der Waals surface area contributed by atoms with Crippen LogP contribution in [-0.2, 0) is 24.3 Å². The zero-order valence-corrected chi connectivity index (χ0v) is 21.5. The van der Waals surface area contributed by atoms with Gasteiger partial charge in [0.15, 0.2) is 5.75 Å². The molecule has 0 aliphatic carbocycles. The number of sulfonamides is 1. The van der Waals surface area contributed by atoms with Crippen molar-refractivity contribution < 1.29 is 27.8 Å². The van der Waals surface area contributed by atoms with Gasteiger partial charge in [0.05, 0.1) is 42.2 Å². The summed E-state index contributed by atoms with van der Waals surface area (Å²) in [4.78, 5) is 29.1. The Kier molecular flexibility index (Phi) is 8.78. The molecule has 11 nitrogen and oxygen atoms in total. The first-order valence-corrected chi connectivity index (χ1v) is 13.0. The molecule has 0 spiro atoms. The summed E-state index contributed by atoms with van der Waals surface area (Å²) in [7, 11) is -1.79. The highest BCUT2D eigenvalue weighted by Gasteiger charge is 2.33. The summed E-state index contributed by atoms with van der Waals surface area (Å²) in [5, 5.41) is 16.3. The smallest absolute Gasteiger partial charge is 0.270 e. The van der Waals surface area contributed by atoms with Crippen molar-refractivity contribution in [2.45, 2.75) is 56.3 Å². The van der Waals surface area contributed by atoms with Crippen LogP contribution >= 0.6 is 11.6 Å². The van der Waals surface area contributed by atoms with Gasteiger partial charge in [0.2, 0.25) is 0 Å². The Morgan fingerprint density at radius 3 is 2.51 bits per heavy atom. The van der Waals surface area contributed by atoms with E-state index in [1.54, 1.807) is 0 Å². The van der Waals surface area contributed by atoms with Crippen LogP contribution in [-0.4, -0.2) is 63.6 Å². The summed E-state index contributed by atoms with van der Waals surface area (Å²) < 4.78 is 37.2. The Bertz CT molecular complexity index is 1230. The third-order valence-corrected chi connectivity index (χ3v) is 8.03. The van der Waals surface area contributed by atoms with E-state index in [9.17, 15) is 23.1 Å². The summed E-state index contributed by atoms with van der Waals surface area (Å²) in [6, 6.07) is 2.36. The van der Waals surface area contributed by atoms with Crippen LogP contribution in [0.5, 0.6) is 5.75 Å². The van der Waals surface area contributed by atoms with E-state index in [2.05, 4.69) is 10.6 Å². The van der Waals surface area contributed by atoms with Crippen LogP contribution in [0, 0.1) is 0 Å². The summed E-state index contributed by atoms with van der Waals surface area (Å²) >= 11 is 6.10. The van der Waals surface area contributed by atoms with Crippen molar-refractivity contribution in [1.29, 1.82) is 0 Å². The number of hydroxylamine groups is 1. The molecular weight excluding hydrogens is 502 g/mol. The minimum atomic E-state index is -4.37. The molecule has 3 rings (SSSR count). The lowest BCUT2D eigenvalue weighted by molar-refractivity contribution is -0.0816. The summed E-state index contributed by atoms with van der Waals surface area (Å²) in [5.74, 6) is -0.723.